The number of carbonyl (C=O) groups excluding carboxylic acids is 1. The van der Waals surface area contributed by atoms with Gasteiger partial charge in [0.1, 0.15) is 12.3 Å². The quantitative estimate of drug-likeness (QED) is 0.597. The van der Waals surface area contributed by atoms with E-state index in [2.05, 4.69) is 0 Å². The Balaban J connectivity index is 2.59. The van der Waals surface area contributed by atoms with Crippen molar-refractivity contribution in [1.82, 2.24) is 4.90 Å². The average molecular weight is 215 g/mol. The van der Waals surface area contributed by atoms with Crippen LogP contribution in [0, 0.1) is 0 Å². The first-order valence-corrected chi connectivity index (χ1v) is 4.00. The fourth-order valence-corrected chi connectivity index (χ4v) is 1.27. The maximum Gasteiger partial charge on any atom is 0.471 e. The molecule has 0 spiro atoms. The minimum atomic E-state index is -4.96. The maximum atomic E-state index is 12.6. The van der Waals surface area contributed by atoms with Crippen LogP contribution in [0.3, 0.4) is 0 Å². The molecule has 7 heteroatoms. The molecule has 1 saturated heterocycles. The Kier molecular flexibility index (Phi) is 2.98. The third-order valence-electron chi connectivity index (χ3n) is 2.03. The Labute approximate surface area is 77.3 Å². The van der Waals surface area contributed by atoms with Gasteiger partial charge in [-0.05, 0) is 6.42 Å². The van der Waals surface area contributed by atoms with Crippen LogP contribution in [0.1, 0.15) is 6.42 Å². The van der Waals surface area contributed by atoms with Crippen molar-refractivity contribution in [2.75, 3.05) is 13.1 Å². The van der Waals surface area contributed by atoms with Gasteiger partial charge in [0.2, 0.25) is 0 Å². The van der Waals surface area contributed by atoms with Crippen molar-refractivity contribution in [3.8, 4) is 0 Å². The lowest BCUT2D eigenvalue weighted by molar-refractivity contribution is -0.189. The van der Waals surface area contributed by atoms with Crippen LogP contribution in [-0.2, 0) is 4.79 Å². The van der Waals surface area contributed by atoms with Gasteiger partial charge >= 0.3 is 12.1 Å². The number of aliphatic hydroxyl groups is 1. The summed E-state index contributed by atoms with van der Waals surface area (Å²) in [5.41, 5.74) is 0. The molecule has 0 aromatic carbocycles. The molecular formula is C7H9F4NO2. The number of rotatable bonds is 0. The molecule has 1 aliphatic heterocycles. The molecule has 1 heterocycles. The van der Waals surface area contributed by atoms with Crippen LogP contribution in [0.25, 0.3) is 0 Å². The smallest absolute Gasteiger partial charge is 0.388 e. The minimum absolute atomic E-state index is 0.261. The number of halogens is 4. The number of amides is 1. The second kappa shape index (κ2) is 3.72. The van der Waals surface area contributed by atoms with E-state index in [1.54, 1.807) is 0 Å². The first kappa shape index (κ1) is 11.2. The van der Waals surface area contributed by atoms with Crippen LogP contribution >= 0.6 is 0 Å². The first-order valence-electron chi connectivity index (χ1n) is 4.00. The van der Waals surface area contributed by atoms with E-state index in [9.17, 15) is 22.4 Å². The van der Waals surface area contributed by atoms with Crippen LogP contribution < -0.4 is 0 Å². The van der Waals surface area contributed by atoms with E-state index < -0.39 is 30.9 Å². The number of hydrogen-bond acceptors (Lipinski definition) is 2. The highest BCUT2D eigenvalue weighted by atomic mass is 19.4. The zero-order valence-electron chi connectivity index (χ0n) is 7.09. The van der Waals surface area contributed by atoms with Crippen molar-refractivity contribution in [3.05, 3.63) is 0 Å². The fourth-order valence-electron chi connectivity index (χ4n) is 1.27. The number of piperidine rings is 1. The lowest BCUT2D eigenvalue weighted by atomic mass is 10.1. The summed E-state index contributed by atoms with van der Waals surface area (Å²) in [6, 6.07) is 0. The molecule has 0 radical (unpaired) electrons. The standard InChI is InChI=1S/C7H9F4NO2/c8-4-1-2-12(3-5(4)13)6(14)7(9,10)11/h4-5,13H,1-3H2. The highest BCUT2D eigenvalue weighted by molar-refractivity contribution is 5.82. The zero-order valence-corrected chi connectivity index (χ0v) is 7.09. The largest absolute Gasteiger partial charge is 0.471 e. The van der Waals surface area contributed by atoms with Gasteiger partial charge in [-0.15, -0.1) is 0 Å². The summed E-state index contributed by atoms with van der Waals surface area (Å²) in [7, 11) is 0. The van der Waals surface area contributed by atoms with Gasteiger partial charge in [0.25, 0.3) is 0 Å². The van der Waals surface area contributed by atoms with Crippen molar-refractivity contribution >= 4 is 5.91 Å². The SMILES string of the molecule is O=C(N1CCC(F)C(O)C1)C(F)(F)F. The molecule has 3 nitrogen and oxygen atoms in total. The van der Waals surface area contributed by atoms with Gasteiger partial charge in [0.05, 0.1) is 0 Å². The molecular weight excluding hydrogens is 206 g/mol. The molecule has 0 aromatic rings. The monoisotopic (exact) mass is 215 g/mol. The summed E-state index contributed by atoms with van der Waals surface area (Å²) in [4.78, 5) is 11.1. The molecule has 1 N–H and O–H groups in total. The molecule has 1 rings (SSSR count). The van der Waals surface area contributed by atoms with E-state index in [0.717, 1.165) is 0 Å². The van der Waals surface area contributed by atoms with Crippen LogP contribution in [-0.4, -0.2) is 47.5 Å². The number of nitrogens with zero attached hydrogens (tertiary/aromatic N) is 1. The third kappa shape index (κ3) is 2.34. The third-order valence-corrected chi connectivity index (χ3v) is 2.03. The normalized spacial score (nSPS) is 29.1. The van der Waals surface area contributed by atoms with E-state index in [0.29, 0.717) is 4.90 Å². The van der Waals surface area contributed by atoms with Crippen molar-refractivity contribution in [2.24, 2.45) is 0 Å². The summed E-state index contributed by atoms with van der Waals surface area (Å²) in [6.45, 7) is -0.907. The fraction of sp³-hybridized carbons (Fsp3) is 0.857. The molecule has 82 valence electrons. The summed E-state index contributed by atoms with van der Waals surface area (Å²) < 4.78 is 48.3. The van der Waals surface area contributed by atoms with E-state index in [4.69, 9.17) is 5.11 Å². The summed E-state index contributed by atoms with van der Waals surface area (Å²) in [5.74, 6) is -2.02. The van der Waals surface area contributed by atoms with Gasteiger partial charge in [-0.3, -0.25) is 4.79 Å². The van der Waals surface area contributed by atoms with Gasteiger partial charge in [-0.1, -0.05) is 0 Å². The molecule has 2 atom stereocenters. The molecule has 0 bridgehead atoms. The Morgan fingerprint density at radius 1 is 1.43 bits per heavy atom. The number of aliphatic hydroxyl groups excluding tert-OH is 1. The molecule has 1 aliphatic rings. The zero-order chi connectivity index (χ0) is 10.9. The van der Waals surface area contributed by atoms with Crippen molar-refractivity contribution < 1.29 is 27.5 Å². The van der Waals surface area contributed by atoms with Crippen LogP contribution in [0.4, 0.5) is 17.6 Å². The Morgan fingerprint density at radius 3 is 2.43 bits per heavy atom. The number of hydrogen-bond donors (Lipinski definition) is 1. The molecule has 14 heavy (non-hydrogen) atoms. The van der Waals surface area contributed by atoms with E-state index in [1.165, 1.54) is 0 Å². The predicted octanol–water partition coefficient (Wildman–Crippen LogP) is 0.480. The van der Waals surface area contributed by atoms with Crippen molar-refractivity contribution in [2.45, 2.75) is 24.9 Å². The van der Waals surface area contributed by atoms with E-state index in [1.807, 2.05) is 0 Å². The van der Waals surface area contributed by atoms with Gasteiger partial charge < -0.3 is 10.0 Å². The Bertz CT molecular complexity index is 230. The summed E-state index contributed by atoms with van der Waals surface area (Å²) >= 11 is 0. The van der Waals surface area contributed by atoms with Gasteiger partial charge in [0, 0.05) is 13.1 Å². The number of β-amino-alcohol motifs (C(OH)–C–C–N with tert-alkyl or cyclic N) is 1. The molecule has 1 fully saturated rings. The minimum Gasteiger partial charge on any atom is -0.388 e. The van der Waals surface area contributed by atoms with Crippen molar-refractivity contribution in [3.63, 3.8) is 0 Å². The summed E-state index contributed by atoms with van der Waals surface area (Å²) in [5, 5.41) is 8.93. The van der Waals surface area contributed by atoms with E-state index >= 15 is 0 Å². The molecule has 0 aliphatic carbocycles. The second-order valence-electron chi connectivity index (χ2n) is 3.12. The number of carbonyl (C=O) groups is 1. The topological polar surface area (TPSA) is 40.5 Å². The van der Waals surface area contributed by atoms with Gasteiger partial charge in [-0.2, -0.15) is 13.2 Å². The summed E-state index contributed by atoms with van der Waals surface area (Å²) in [6.07, 6.45) is -8.28. The Morgan fingerprint density at radius 2 is 2.00 bits per heavy atom. The number of likely N-dealkylation sites (tertiary alicyclic amines) is 1. The first-order chi connectivity index (χ1) is 6.32. The van der Waals surface area contributed by atoms with Crippen LogP contribution in [0.2, 0.25) is 0 Å². The Hall–Kier alpha value is -0.850. The van der Waals surface area contributed by atoms with Gasteiger partial charge in [0.15, 0.2) is 0 Å². The average Bonchev–Trinajstić information content (AvgIpc) is 2.07. The highest BCUT2D eigenvalue weighted by Gasteiger charge is 2.44. The predicted molar refractivity (Wildman–Crippen MR) is 38.2 cm³/mol. The molecule has 0 aromatic heterocycles. The van der Waals surface area contributed by atoms with Gasteiger partial charge in [-0.25, -0.2) is 4.39 Å². The molecule has 0 saturated carbocycles. The van der Waals surface area contributed by atoms with E-state index in [-0.39, 0.29) is 13.0 Å². The van der Waals surface area contributed by atoms with Crippen LogP contribution in [0.15, 0.2) is 0 Å². The second-order valence-corrected chi connectivity index (χ2v) is 3.12. The lowest BCUT2D eigenvalue weighted by Gasteiger charge is -2.32. The highest BCUT2D eigenvalue weighted by Crippen LogP contribution is 2.22. The lowest BCUT2D eigenvalue weighted by Crippen LogP contribution is -2.51. The molecule has 1 amide bonds. The molecule has 2 unspecified atom stereocenters. The van der Waals surface area contributed by atoms with Crippen molar-refractivity contribution in [1.29, 1.82) is 0 Å². The van der Waals surface area contributed by atoms with Crippen LogP contribution in [0.5, 0.6) is 0 Å². The maximum absolute atomic E-state index is 12.6. The number of alkyl halides is 4.